The van der Waals surface area contributed by atoms with E-state index in [0.717, 1.165) is 13.1 Å². The standard InChI is InChI=1S/C20H21FN2O2/c21-17-8-6-16(7-9-17)20(24)23-13-18-19(14-23)25-11-10-22(18)12-15-4-2-1-3-5-15/h1-9,18-19H,10-14H2/t18-,19+/m1/s1. The number of rotatable bonds is 3. The number of likely N-dealkylation sites (tertiary alicyclic amines) is 1. The molecule has 130 valence electrons. The van der Waals surface area contributed by atoms with E-state index in [1.54, 1.807) is 12.1 Å². The molecule has 2 aliphatic heterocycles. The average molecular weight is 340 g/mol. The minimum absolute atomic E-state index is 0.0434. The maximum absolute atomic E-state index is 13.1. The van der Waals surface area contributed by atoms with Gasteiger partial charge in [0, 0.05) is 31.7 Å². The Morgan fingerprint density at radius 2 is 1.84 bits per heavy atom. The van der Waals surface area contributed by atoms with Crippen LogP contribution in [0, 0.1) is 5.82 Å². The fourth-order valence-corrected chi connectivity index (χ4v) is 3.71. The SMILES string of the molecule is O=C(c1ccc(F)cc1)N1C[C@@H]2OCCN(Cc3ccccc3)[C@@H]2C1. The van der Waals surface area contributed by atoms with Crippen LogP contribution in [0.3, 0.4) is 0 Å². The van der Waals surface area contributed by atoms with E-state index >= 15 is 0 Å². The summed E-state index contributed by atoms with van der Waals surface area (Å²) >= 11 is 0. The number of benzene rings is 2. The third-order valence-corrected chi connectivity index (χ3v) is 5.02. The van der Waals surface area contributed by atoms with Crippen molar-refractivity contribution in [1.29, 1.82) is 0 Å². The molecule has 0 saturated carbocycles. The van der Waals surface area contributed by atoms with E-state index in [4.69, 9.17) is 4.74 Å². The first kappa shape index (κ1) is 16.2. The Balaban J connectivity index is 1.47. The van der Waals surface area contributed by atoms with Crippen LogP contribution < -0.4 is 0 Å². The summed E-state index contributed by atoms with van der Waals surface area (Å²) in [6, 6.07) is 16.3. The first-order chi connectivity index (χ1) is 12.2. The molecule has 2 aromatic carbocycles. The molecular formula is C20H21FN2O2. The number of carbonyl (C=O) groups is 1. The van der Waals surface area contributed by atoms with Crippen molar-refractivity contribution in [3.8, 4) is 0 Å². The van der Waals surface area contributed by atoms with E-state index in [2.05, 4.69) is 17.0 Å². The molecule has 0 aromatic heterocycles. The highest BCUT2D eigenvalue weighted by Crippen LogP contribution is 2.25. The number of ether oxygens (including phenoxy) is 1. The lowest BCUT2D eigenvalue weighted by Gasteiger charge is -2.36. The van der Waals surface area contributed by atoms with Crippen LogP contribution in [0.4, 0.5) is 4.39 Å². The molecule has 4 rings (SSSR count). The van der Waals surface area contributed by atoms with Crippen LogP contribution in [-0.2, 0) is 11.3 Å². The normalized spacial score (nSPS) is 23.5. The van der Waals surface area contributed by atoms with Crippen LogP contribution in [0.1, 0.15) is 15.9 Å². The molecule has 2 aliphatic rings. The highest BCUT2D eigenvalue weighted by atomic mass is 19.1. The van der Waals surface area contributed by atoms with E-state index < -0.39 is 0 Å². The lowest BCUT2D eigenvalue weighted by atomic mass is 10.1. The van der Waals surface area contributed by atoms with E-state index in [9.17, 15) is 9.18 Å². The van der Waals surface area contributed by atoms with Crippen LogP contribution in [0.25, 0.3) is 0 Å². The van der Waals surface area contributed by atoms with Crippen molar-refractivity contribution >= 4 is 5.91 Å². The number of hydrogen-bond acceptors (Lipinski definition) is 3. The Labute approximate surface area is 146 Å². The van der Waals surface area contributed by atoms with Crippen LogP contribution in [0.15, 0.2) is 54.6 Å². The van der Waals surface area contributed by atoms with Crippen LogP contribution in [-0.4, -0.2) is 54.1 Å². The summed E-state index contributed by atoms with van der Waals surface area (Å²) in [7, 11) is 0. The van der Waals surface area contributed by atoms with Gasteiger partial charge in [0.2, 0.25) is 0 Å². The van der Waals surface area contributed by atoms with Gasteiger partial charge in [-0.2, -0.15) is 0 Å². The molecule has 4 nitrogen and oxygen atoms in total. The average Bonchev–Trinajstić information content (AvgIpc) is 3.08. The third-order valence-electron chi connectivity index (χ3n) is 5.02. The van der Waals surface area contributed by atoms with Crippen molar-refractivity contribution in [2.75, 3.05) is 26.2 Å². The Hall–Kier alpha value is -2.24. The smallest absolute Gasteiger partial charge is 0.254 e. The number of nitrogens with zero attached hydrogens (tertiary/aromatic N) is 2. The van der Waals surface area contributed by atoms with E-state index in [1.165, 1.54) is 17.7 Å². The first-order valence-corrected chi connectivity index (χ1v) is 8.65. The van der Waals surface area contributed by atoms with Gasteiger partial charge in [0.15, 0.2) is 0 Å². The van der Waals surface area contributed by atoms with Crippen molar-refractivity contribution in [3.63, 3.8) is 0 Å². The number of fused-ring (bicyclic) bond motifs is 1. The summed E-state index contributed by atoms with van der Waals surface area (Å²) in [6.45, 7) is 3.66. The van der Waals surface area contributed by atoms with Gasteiger partial charge in [-0.1, -0.05) is 30.3 Å². The molecule has 1 amide bonds. The van der Waals surface area contributed by atoms with Crippen LogP contribution in [0.2, 0.25) is 0 Å². The van der Waals surface area contributed by atoms with Gasteiger partial charge in [0.25, 0.3) is 5.91 Å². The monoisotopic (exact) mass is 340 g/mol. The van der Waals surface area contributed by atoms with Gasteiger partial charge in [-0.25, -0.2) is 4.39 Å². The largest absolute Gasteiger partial charge is 0.373 e. The fraction of sp³-hybridized carbons (Fsp3) is 0.350. The van der Waals surface area contributed by atoms with E-state index in [0.29, 0.717) is 25.3 Å². The van der Waals surface area contributed by atoms with Crippen molar-refractivity contribution in [2.45, 2.75) is 18.7 Å². The molecule has 2 heterocycles. The number of halogens is 1. The zero-order valence-corrected chi connectivity index (χ0v) is 14.0. The highest BCUT2D eigenvalue weighted by molar-refractivity contribution is 5.94. The highest BCUT2D eigenvalue weighted by Gasteiger charge is 2.41. The van der Waals surface area contributed by atoms with Gasteiger partial charge in [-0.05, 0) is 29.8 Å². The van der Waals surface area contributed by atoms with Crippen LogP contribution >= 0.6 is 0 Å². The lowest BCUT2D eigenvalue weighted by Crippen LogP contribution is -2.50. The second-order valence-electron chi connectivity index (χ2n) is 6.65. The molecule has 2 aromatic rings. The van der Waals surface area contributed by atoms with Gasteiger partial charge in [0.05, 0.1) is 18.8 Å². The Kier molecular flexibility index (Phi) is 4.51. The van der Waals surface area contributed by atoms with Crippen molar-refractivity contribution < 1.29 is 13.9 Å². The molecule has 2 saturated heterocycles. The molecule has 0 bridgehead atoms. The number of morpholine rings is 1. The minimum Gasteiger partial charge on any atom is -0.373 e. The summed E-state index contributed by atoms with van der Waals surface area (Å²) in [6.07, 6.45) is 0.0434. The Bertz CT molecular complexity index is 735. The van der Waals surface area contributed by atoms with Crippen molar-refractivity contribution in [3.05, 3.63) is 71.5 Å². The molecule has 25 heavy (non-hydrogen) atoms. The maximum Gasteiger partial charge on any atom is 0.254 e. The van der Waals surface area contributed by atoms with Gasteiger partial charge < -0.3 is 9.64 Å². The molecule has 2 atom stereocenters. The molecule has 5 heteroatoms. The zero-order valence-electron chi connectivity index (χ0n) is 14.0. The quantitative estimate of drug-likeness (QED) is 0.861. The van der Waals surface area contributed by atoms with Crippen molar-refractivity contribution in [2.24, 2.45) is 0 Å². The fourth-order valence-electron chi connectivity index (χ4n) is 3.71. The lowest BCUT2D eigenvalue weighted by molar-refractivity contribution is -0.0503. The first-order valence-electron chi connectivity index (χ1n) is 8.65. The third kappa shape index (κ3) is 3.43. The predicted molar refractivity (Wildman–Crippen MR) is 92.7 cm³/mol. The molecule has 0 N–H and O–H groups in total. The van der Waals surface area contributed by atoms with Gasteiger partial charge in [-0.3, -0.25) is 9.69 Å². The van der Waals surface area contributed by atoms with E-state index in [1.807, 2.05) is 23.1 Å². The Morgan fingerprint density at radius 1 is 1.08 bits per heavy atom. The van der Waals surface area contributed by atoms with E-state index in [-0.39, 0.29) is 23.9 Å². The summed E-state index contributed by atoms with van der Waals surface area (Å²) in [4.78, 5) is 16.9. The number of carbonyl (C=O) groups excluding carboxylic acids is 1. The second kappa shape index (κ2) is 6.94. The molecule has 0 unspecified atom stereocenters. The maximum atomic E-state index is 13.1. The Morgan fingerprint density at radius 3 is 2.60 bits per heavy atom. The van der Waals surface area contributed by atoms with Crippen molar-refractivity contribution in [1.82, 2.24) is 9.80 Å². The summed E-state index contributed by atoms with van der Waals surface area (Å²) in [5.74, 6) is -0.387. The summed E-state index contributed by atoms with van der Waals surface area (Å²) in [5, 5.41) is 0. The molecule has 2 fully saturated rings. The summed E-state index contributed by atoms with van der Waals surface area (Å²) < 4.78 is 19.0. The van der Waals surface area contributed by atoms with Gasteiger partial charge in [-0.15, -0.1) is 0 Å². The topological polar surface area (TPSA) is 32.8 Å². The zero-order chi connectivity index (χ0) is 17.2. The number of hydrogen-bond donors (Lipinski definition) is 0. The molecular weight excluding hydrogens is 319 g/mol. The second-order valence-corrected chi connectivity index (χ2v) is 6.65. The molecule has 0 aliphatic carbocycles. The van der Waals surface area contributed by atoms with Gasteiger partial charge >= 0.3 is 0 Å². The minimum atomic E-state index is -0.330. The van der Waals surface area contributed by atoms with Gasteiger partial charge in [0.1, 0.15) is 5.82 Å². The molecule has 0 radical (unpaired) electrons. The molecule has 0 spiro atoms. The number of amides is 1. The summed E-state index contributed by atoms with van der Waals surface area (Å²) in [5.41, 5.74) is 1.79. The van der Waals surface area contributed by atoms with Crippen LogP contribution in [0.5, 0.6) is 0 Å². The predicted octanol–water partition coefficient (Wildman–Crippen LogP) is 2.55.